The third kappa shape index (κ3) is 4.08. The zero-order valence-corrected chi connectivity index (χ0v) is 16.8. The minimum atomic E-state index is -0.402. The molecule has 0 aliphatic heterocycles. The normalized spacial score (nSPS) is 11.0. The molecule has 7 nitrogen and oxygen atoms in total. The number of non-ortho nitro benzene ring substituents is 1. The first-order valence-corrected chi connectivity index (χ1v) is 9.13. The van der Waals surface area contributed by atoms with Gasteiger partial charge in [0.2, 0.25) is 0 Å². The summed E-state index contributed by atoms with van der Waals surface area (Å²) in [6.07, 6.45) is 1.59. The molecule has 3 rings (SSSR count). The quantitative estimate of drug-likeness (QED) is 0.398. The van der Waals surface area contributed by atoms with Crippen molar-refractivity contribution in [2.75, 3.05) is 0 Å². The number of nitrogens with one attached hydrogen (secondary N) is 1. The van der Waals surface area contributed by atoms with Gasteiger partial charge in [-0.1, -0.05) is 24.3 Å². The Hall–Kier alpha value is -3.74. The number of amides is 1. The summed E-state index contributed by atoms with van der Waals surface area (Å²) < 4.78 is 1.95. The van der Waals surface area contributed by atoms with E-state index in [1.807, 2.05) is 50.5 Å². The van der Waals surface area contributed by atoms with E-state index in [4.69, 9.17) is 0 Å². The van der Waals surface area contributed by atoms with Crippen LogP contribution in [0.5, 0.6) is 0 Å². The molecule has 0 aliphatic rings. The van der Waals surface area contributed by atoms with Crippen molar-refractivity contribution < 1.29 is 9.72 Å². The molecular formula is C22H22N4O3. The Morgan fingerprint density at radius 2 is 1.79 bits per heavy atom. The van der Waals surface area contributed by atoms with Crippen LogP contribution >= 0.6 is 0 Å². The molecule has 29 heavy (non-hydrogen) atoms. The number of nitrogens with zero attached hydrogens (tertiary/aromatic N) is 3. The van der Waals surface area contributed by atoms with Crippen LogP contribution in [0.2, 0.25) is 0 Å². The maximum absolute atomic E-state index is 12.3. The molecule has 7 heteroatoms. The standard InChI is InChI=1S/C22H22N4O3/c1-14-7-5-6-8-20(14)22(27)24-23-13-18-11-16(3)25(17(18)4)21-12-19(26(28)29)10-9-15(21)2/h5-13H,1-4H3,(H,24,27)/b23-13+. The maximum atomic E-state index is 12.3. The van der Waals surface area contributed by atoms with Crippen LogP contribution in [0.1, 0.15) is 38.4 Å². The van der Waals surface area contributed by atoms with Gasteiger partial charge in [-0.25, -0.2) is 5.43 Å². The molecule has 0 spiro atoms. The first-order chi connectivity index (χ1) is 13.8. The molecule has 1 heterocycles. The molecule has 0 aliphatic carbocycles. The van der Waals surface area contributed by atoms with Crippen molar-refractivity contribution in [2.24, 2.45) is 5.10 Å². The van der Waals surface area contributed by atoms with Gasteiger partial charge in [0.05, 0.1) is 16.8 Å². The van der Waals surface area contributed by atoms with Crippen molar-refractivity contribution in [2.45, 2.75) is 27.7 Å². The van der Waals surface area contributed by atoms with E-state index in [9.17, 15) is 14.9 Å². The molecule has 0 unspecified atom stereocenters. The zero-order valence-electron chi connectivity index (χ0n) is 16.8. The number of benzene rings is 2. The topological polar surface area (TPSA) is 89.5 Å². The zero-order chi connectivity index (χ0) is 21.1. The van der Waals surface area contributed by atoms with E-state index < -0.39 is 4.92 Å². The summed E-state index contributed by atoms with van der Waals surface area (Å²) in [7, 11) is 0. The second-order valence-electron chi connectivity index (χ2n) is 6.90. The second kappa shape index (κ2) is 8.10. The first kappa shape index (κ1) is 20.0. The molecule has 0 saturated heterocycles. The highest BCUT2D eigenvalue weighted by atomic mass is 16.6. The van der Waals surface area contributed by atoms with Crippen LogP contribution < -0.4 is 5.43 Å². The molecule has 3 aromatic rings. The van der Waals surface area contributed by atoms with E-state index in [0.29, 0.717) is 5.56 Å². The molecule has 1 N–H and O–H groups in total. The Bertz CT molecular complexity index is 1130. The first-order valence-electron chi connectivity index (χ1n) is 9.13. The van der Waals surface area contributed by atoms with Crippen LogP contribution in [0.25, 0.3) is 5.69 Å². The van der Waals surface area contributed by atoms with Gasteiger partial charge < -0.3 is 4.57 Å². The van der Waals surface area contributed by atoms with Crippen LogP contribution in [-0.4, -0.2) is 21.6 Å². The summed E-state index contributed by atoms with van der Waals surface area (Å²) in [6, 6.07) is 14.0. The smallest absolute Gasteiger partial charge is 0.271 e. The second-order valence-corrected chi connectivity index (χ2v) is 6.90. The SMILES string of the molecule is Cc1ccccc1C(=O)N/N=C/c1cc(C)n(-c2cc([N+](=O)[O-])ccc2C)c1C. The average Bonchev–Trinajstić information content (AvgIpc) is 2.96. The predicted octanol–water partition coefficient (Wildman–Crippen LogP) is 4.38. The van der Waals surface area contributed by atoms with Crippen molar-refractivity contribution in [1.29, 1.82) is 0 Å². The van der Waals surface area contributed by atoms with E-state index in [0.717, 1.165) is 33.8 Å². The summed E-state index contributed by atoms with van der Waals surface area (Å²) in [4.78, 5) is 23.0. The van der Waals surface area contributed by atoms with Crippen LogP contribution in [0, 0.1) is 37.8 Å². The number of carbonyl (C=O) groups is 1. The van der Waals surface area contributed by atoms with Gasteiger partial charge in [0, 0.05) is 34.6 Å². The molecule has 0 atom stereocenters. The van der Waals surface area contributed by atoms with Crippen molar-refractivity contribution in [3.05, 3.63) is 92.3 Å². The van der Waals surface area contributed by atoms with E-state index in [2.05, 4.69) is 10.5 Å². The van der Waals surface area contributed by atoms with Gasteiger partial charge in [-0.2, -0.15) is 5.10 Å². The molecule has 0 radical (unpaired) electrons. The largest absolute Gasteiger partial charge is 0.317 e. The summed E-state index contributed by atoms with van der Waals surface area (Å²) >= 11 is 0. The van der Waals surface area contributed by atoms with E-state index in [-0.39, 0.29) is 11.6 Å². The number of rotatable bonds is 5. The lowest BCUT2D eigenvalue weighted by Gasteiger charge is -2.12. The Kier molecular flexibility index (Phi) is 5.59. The third-order valence-corrected chi connectivity index (χ3v) is 4.87. The number of nitro benzene ring substituents is 1. The van der Waals surface area contributed by atoms with Gasteiger partial charge in [-0.05, 0) is 51.0 Å². The van der Waals surface area contributed by atoms with Gasteiger partial charge in [0.1, 0.15) is 0 Å². The van der Waals surface area contributed by atoms with Gasteiger partial charge in [-0.3, -0.25) is 14.9 Å². The minimum absolute atomic E-state index is 0.0406. The van der Waals surface area contributed by atoms with Crippen molar-refractivity contribution in [1.82, 2.24) is 9.99 Å². The highest BCUT2D eigenvalue weighted by molar-refractivity contribution is 5.96. The van der Waals surface area contributed by atoms with Gasteiger partial charge >= 0.3 is 0 Å². The molecular weight excluding hydrogens is 368 g/mol. The molecule has 1 amide bonds. The Balaban J connectivity index is 1.88. The van der Waals surface area contributed by atoms with Crippen molar-refractivity contribution >= 4 is 17.8 Å². The van der Waals surface area contributed by atoms with Crippen LogP contribution in [0.4, 0.5) is 5.69 Å². The summed E-state index contributed by atoms with van der Waals surface area (Å²) in [5.41, 5.74) is 8.32. The fourth-order valence-corrected chi connectivity index (χ4v) is 3.29. The van der Waals surface area contributed by atoms with E-state index in [1.165, 1.54) is 6.07 Å². The van der Waals surface area contributed by atoms with Gasteiger partial charge in [-0.15, -0.1) is 0 Å². The molecule has 1 aromatic heterocycles. The lowest BCUT2D eigenvalue weighted by Crippen LogP contribution is -2.18. The summed E-state index contributed by atoms with van der Waals surface area (Å²) in [5.74, 6) is -0.275. The van der Waals surface area contributed by atoms with Crippen LogP contribution in [0.15, 0.2) is 53.6 Å². The average molecular weight is 390 g/mol. The number of nitro groups is 1. The summed E-state index contributed by atoms with van der Waals surface area (Å²) in [5, 5.41) is 15.2. The lowest BCUT2D eigenvalue weighted by molar-refractivity contribution is -0.384. The van der Waals surface area contributed by atoms with Crippen LogP contribution in [-0.2, 0) is 0 Å². The van der Waals surface area contributed by atoms with E-state index in [1.54, 1.807) is 30.5 Å². The van der Waals surface area contributed by atoms with Gasteiger partial charge in [0.25, 0.3) is 11.6 Å². The maximum Gasteiger partial charge on any atom is 0.271 e. The fourth-order valence-electron chi connectivity index (χ4n) is 3.29. The minimum Gasteiger partial charge on any atom is -0.317 e. The van der Waals surface area contributed by atoms with E-state index >= 15 is 0 Å². The predicted molar refractivity (Wildman–Crippen MR) is 113 cm³/mol. The number of carbonyl (C=O) groups excluding carboxylic acids is 1. The Morgan fingerprint density at radius 1 is 1.07 bits per heavy atom. The van der Waals surface area contributed by atoms with Crippen LogP contribution in [0.3, 0.4) is 0 Å². The third-order valence-electron chi connectivity index (χ3n) is 4.87. The molecule has 148 valence electrons. The van der Waals surface area contributed by atoms with Crippen molar-refractivity contribution in [3.63, 3.8) is 0 Å². The van der Waals surface area contributed by atoms with Crippen molar-refractivity contribution in [3.8, 4) is 5.69 Å². The number of hydrogen-bond acceptors (Lipinski definition) is 4. The molecule has 0 fully saturated rings. The summed E-state index contributed by atoms with van der Waals surface area (Å²) in [6.45, 7) is 7.62. The number of hydrazone groups is 1. The molecule has 2 aromatic carbocycles. The molecule has 0 saturated carbocycles. The number of aryl methyl sites for hydroxylation is 3. The number of hydrogen-bond donors (Lipinski definition) is 1. The highest BCUT2D eigenvalue weighted by Gasteiger charge is 2.15. The Morgan fingerprint density at radius 3 is 2.48 bits per heavy atom. The molecule has 0 bridgehead atoms. The number of aromatic nitrogens is 1. The monoisotopic (exact) mass is 390 g/mol. The van der Waals surface area contributed by atoms with Gasteiger partial charge in [0.15, 0.2) is 0 Å². The lowest BCUT2D eigenvalue weighted by atomic mass is 10.1. The highest BCUT2D eigenvalue weighted by Crippen LogP contribution is 2.26. The Labute approximate surface area is 168 Å². The fraction of sp³-hybridized carbons (Fsp3) is 0.182.